The van der Waals surface area contributed by atoms with Crippen molar-refractivity contribution in [2.75, 3.05) is 31.1 Å². The fourth-order valence-electron chi connectivity index (χ4n) is 3.96. The van der Waals surface area contributed by atoms with Crippen molar-refractivity contribution in [3.05, 3.63) is 29.3 Å². The number of nitrogens with zero attached hydrogens (tertiary/aromatic N) is 2. The van der Waals surface area contributed by atoms with E-state index in [1.165, 1.54) is 16.8 Å². The summed E-state index contributed by atoms with van der Waals surface area (Å²) >= 11 is 0. The van der Waals surface area contributed by atoms with E-state index in [4.69, 9.17) is 5.11 Å². The van der Waals surface area contributed by atoms with Crippen molar-refractivity contribution >= 4 is 17.7 Å². The lowest BCUT2D eigenvalue weighted by molar-refractivity contribution is -0.142. The number of carbonyl (C=O) groups is 2. The molecule has 6 nitrogen and oxygen atoms in total. The molecule has 1 saturated carbocycles. The SMILES string of the molecule is Cc1ccc(C)c(N2CCN(C(=O)NC3CCC(C(=O)O)CC3)CC2)c1. The quantitative estimate of drug-likeness (QED) is 0.870. The van der Waals surface area contributed by atoms with Gasteiger partial charge in [0, 0.05) is 37.9 Å². The maximum absolute atomic E-state index is 12.5. The molecule has 0 spiro atoms. The molecule has 0 bridgehead atoms. The topological polar surface area (TPSA) is 72.9 Å². The molecule has 2 fully saturated rings. The number of carboxylic acids is 1. The Morgan fingerprint density at radius 3 is 2.31 bits per heavy atom. The summed E-state index contributed by atoms with van der Waals surface area (Å²) in [5.41, 5.74) is 3.78. The summed E-state index contributed by atoms with van der Waals surface area (Å²) < 4.78 is 0. The first-order valence-electron chi connectivity index (χ1n) is 9.54. The van der Waals surface area contributed by atoms with Crippen LogP contribution in [0.2, 0.25) is 0 Å². The third kappa shape index (κ3) is 4.29. The Hall–Kier alpha value is -2.24. The van der Waals surface area contributed by atoms with Gasteiger partial charge in [-0.3, -0.25) is 4.79 Å². The van der Waals surface area contributed by atoms with Gasteiger partial charge in [0.15, 0.2) is 0 Å². The summed E-state index contributed by atoms with van der Waals surface area (Å²) in [7, 11) is 0. The Bertz CT molecular complexity index is 660. The molecule has 0 aromatic heterocycles. The number of aliphatic carboxylic acids is 1. The number of amides is 2. The van der Waals surface area contributed by atoms with Gasteiger partial charge in [0.05, 0.1) is 5.92 Å². The van der Waals surface area contributed by atoms with Gasteiger partial charge in [-0.05, 0) is 56.7 Å². The number of piperazine rings is 1. The lowest BCUT2D eigenvalue weighted by Gasteiger charge is -2.38. The smallest absolute Gasteiger partial charge is 0.317 e. The monoisotopic (exact) mass is 359 g/mol. The fraction of sp³-hybridized carbons (Fsp3) is 0.600. The van der Waals surface area contributed by atoms with E-state index < -0.39 is 5.97 Å². The van der Waals surface area contributed by atoms with Crippen LogP contribution >= 0.6 is 0 Å². The summed E-state index contributed by atoms with van der Waals surface area (Å²) in [6, 6.07) is 6.59. The van der Waals surface area contributed by atoms with Crippen LogP contribution in [0, 0.1) is 19.8 Å². The molecule has 2 aliphatic rings. The molecule has 6 heteroatoms. The number of urea groups is 1. The highest BCUT2D eigenvalue weighted by Gasteiger charge is 2.29. The molecule has 142 valence electrons. The number of aryl methyl sites for hydroxylation is 2. The minimum Gasteiger partial charge on any atom is -0.481 e. The van der Waals surface area contributed by atoms with Gasteiger partial charge >= 0.3 is 12.0 Å². The molecule has 1 aromatic carbocycles. The van der Waals surface area contributed by atoms with Crippen LogP contribution in [-0.2, 0) is 4.79 Å². The summed E-state index contributed by atoms with van der Waals surface area (Å²) in [4.78, 5) is 27.8. The molecule has 0 unspecified atom stereocenters. The second-order valence-corrected chi connectivity index (χ2v) is 7.60. The highest BCUT2D eigenvalue weighted by Crippen LogP contribution is 2.25. The average Bonchev–Trinajstić information content (AvgIpc) is 2.64. The third-order valence-corrected chi connectivity index (χ3v) is 5.68. The van der Waals surface area contributed by atoms with Crippen molar-refractivity contribution < 1.29 is 14.7 Å². The number of anilines is 1. The van der Waals surface area contributed by atoms with Crippen LogP contribution in [0.15, 0.2) is 18.2 Å². The third-order valence-electron chi connectivity index (χ3n) is 5.68. The fourth-order valence-corrected chi connectivity index (χ4v) is 3.96. The van der Waals surface area contributed by atoms with E-state index in [9.17, 15) is 9.59 Å². The second-order valence-electron chi connectivity index (χ2n) is 7.60. The molecule has 26 heavy (non-hydrogen) atoms. The molecular formula is C20H29N3O3. The molecule has 0 radical (unpaired) electrons. The molecule has 1 saturated heterocycles. The second kappa shape index (κ2) is 7.98. The number of hydrogen-bond acceptors (Lipinski definition) is 3. The Balaban J connectivity index is 1.48. The van der Waals surface area contributed by atoms with Gasteiger partial charge in [0.25, 0.3) is 0 Å². The highest BCUT2D eigenvalue weighted by atomic mass is 16.4. The van der Waals surface area contributed by atoms with Gasteiger partial charge in [-0.2, -0.15) is 0 Å². The zero-order valence-corrected chi connectivity index (χ0v) is 15.7. The zero-order valence-electron chi connectivity index (χ0n) is 15.7. The van der Waals surface area contributed by atoms with E-state index in [0.29, 0.717) is 25.9 Å². The normalized spacial score (nSPS) is 23.6. The lowest BCUT2D eigenvalue weighted by atomic mass is 9.86. The van der Waals surface area contributed by atoms with Gasteiger partial charge in [-0.15, -0.1) is 0 Å². The molecule has 1 aliphatic carbocycles. The number of hydrogen-bond donors (Lipinski definition) is 2. The van der Waals surface area contributed by atoms with E-state index in [2.05, 4.69) is 42.3 Å². The summed E-state index contributed by atoms with van der Waals surface area (Å²) in [6.07, 6.45) is 2.82. The van der Waals surface area contributed by atoms with Crippen molar-refractivity contribution in [3.8, 4) is 0 Å². The molecular weight excluding hydrogens is 330 g/mol. The van der Waals surface area contributed by atoms with Gasteiger partial charge in [0.1, 0.15) is 0 Å². The standard InChI is InChI=1S/C20H29N3O3/c1-14-3-4-15(2)18(13-14)22-9-11-23(12-10-22)20(26)21-17-7-5-16(6-8-17)19(24)25/h3-4,13,16-17H,5-12H2,1-2H3,(H,21,26)(H,24,25). The van der Waals surface area contributed by atoms with Crippen LogP contribution < -0.4 is 10.2 Å². The predicted octanol–water partition coefficient (Wildman–Crippen LogP) is 2.78. The van der Waals surface area contributed by atoms with E-state index in [0.717, 1.165) is 25.9 Å². The maximum atomic E-state index is 12.5. The van der Waals surface area contributed by atoms with Crippen LogP contribution in [-0.4, -0.2) is 54.2 Å². The Labute approximate surface area is 155 Å². The molecule has 1 aromatic rings. The average molecular weight is 359 g/mol. The first kappa shape index (κ1) is 18.5. The number of carbonyl (C=O) groups excluding carboxylic acids is 1. The van der Waals surface area contributed by atoms with Gasteiger partial charge < -0.3 is 20.2 Å². The molecule has 3 rings (SSSR count). The molecule has 1 aliphatic heterocycles. The van der Waals surface area contributed by atoms with Gasteiger partial charge in [0.2, 0.25) is 0 Å². The van der Waals surface area contributed by atoms with Crippen molar-refractivity contribution in [3.63, 3.8) is 0 Å². The lowest BCUT2D eigenvalue weighted by Crippen LogP contribution is -2.54. The van der Waals surface area contributed by atoms with Crippen molar-refractivity contribution in [1.29, 1.82) is 0 Å². The Morgan fingerprint density at radius 2 is 1.69 bits per heavy atom. The summed E-state index contributed by atoms with van der Waals surface area (Å²) in [6.45, 7) is 7.33. The van der Waals surface area contributed by atoms with Crippen LogP contribution in [0.1, 0.15) is 36.8 Å². The summed E-state index contributed by atoms with van der Waals surface area (Å²) in [5.74, 6) is -0.957. The highest BCUT2D eigenvalue weighted by molar-refractivity contribution is 5.75. The van der Waals surface area contributed by atoms with E-state index >= 15 is 0 Å². The minimum atomic E-state index is -0.711. The Kier molecular flexibility index (Phi) is 5.69. The first-order valence-corrected chi connectivity index (χ1v) is 9.54. The predicted molar refractivity (Wildman–Crippen MR) is 102 cm³/mol. The molecule has 2 amide bonds. The van der Waals surface area contributed by atoms with Crippen LogP contribution in [0.4, 0.5) is 10.5 Å². The number of carboxylic acid groups (broad SMARTS) is 1. The van der Waals surface area contributed by atoms with Gasteiger partial charge in [-0.1, -0.05) is 12.1 Å². The van der Waals surface area contributed by atoms with E-state index in [1.807, 2.05) is 4.90 Å². The number of benzene rings is 1. The molecule has 0 atom stereocenters. The van der Waals surface area contributed by atoms with E-state index in [-0.39, 0.29) is 18.0 Å². The van der Waals surface area contributed by atoms with Crippen molar-refractivity contribution in [2.24, 2.45) is 5.92 Å². The minimum absolute atomic E-state index is 0.00982. The van der Waals surface area contributed by atoms with Gasteiger partial charge in [-0.25, -0.2) is 4.79 Å². The van der Waals surface area contributed by atoms with Crippen LogP contribution in [0.3, 0.4) is 0 Å². The maximum Gasteiger partial charge on any atom is 0.317 e. The van der Waals surface area contributed by atoms with Crippen molar-refractivity contribution in [2.45, 2.75) is 45.6 Å². The summed E-state index contributed by atoms with van der Waals surface area (Å²) in [5, 5.41) is 12.2. The van der Waals surface area contributed by atoms with Crippen molar-refractivity contribution in [1.82, 2.24) is 10.2 Å². The van der Waals surface area contributed by atoms with Crippen LogP contribution in [0.25, 0.3) is 0 Å². The van der Waals surface area contributed by atoms with E-state index in [1.54, 1.807) is 0 Å². The number of rotatable bonds is 3. The van der Waals surface area contributed by atoms with Crippen LogP contribution in [0.5, 0.6) is 0 Å². The zero-order chi connectivity index (χ0) is 18.7. The Morgan fingerprint density at radius 1 is 1.04 bits per heavy atom. The largest absolute Gasteiger partial charge is 0.481 e. The molecule has 2 N–H and O–H groups in total. The first-order chi connectivity index (χ1) is 12.4. The molecule has 1 heterocycles. The number of nitrogens with one attached hydrogen (secondary N) is 1.